The van der Waals surface area contributed by atoms with Crippen LogP contribution in [-0.2, 0) is 11.3 Å². The Bertz CT molecular complexity index is 260. The third-order valence-corrected chi connectivity index (χ3v) is 1.89. The molecule has 1 rings (SSSR count). The summed E-state index contributed by atoms with van der Waals surface area (Å²) >= 11 is 0. The predicted octanol–water partition coefficient (Wildman–Crippen LogP) is 0.859. The van der Waals surface area contributed by atoms with Crippen molar-refractivity contribution in [3.63, 3.8) is 0 Å². The van der Waals surface area contributed by atoms with Crippen molar-refractivity contribution in [3.8, 4) is 0 Å². The van der Waals surface area contributed by atoms with Crippen LogP contribution < -0.4 is 0 Å². The molecule has 0 heterocycles. The summed E-state index contributed by atoms with van der Waals surface area (Å²) in [7, 11) is 1.60. The monoisotopic (exact) mass is 182 g/mol. The summed E-state index contributed by atoms with van der Waals surface area (Å²) in [4.78, 5) is 0. The summed E-state index contributed by atoms with van der Waals surface area (Å²) < 4.78 is 4.97. The molecule has 13 heavy (non-hydrogen) atoms. The van der Waals surface area contributed by atoms with Crippen LogP contribution in [0.5, 0.6) is 0 Å². The zero-order valence-electron chi connectivity index (χ0n) is 7.60. The third kappa shape index (κ3) is 2.52. The minimum atomic E-state index is -0.814. The number of aliphatic hydroxyl groups is 2. The van der Waals surface area contributed by atoms with E-state index in [0.29, 0.717) is 6.61 Å². The molecule has 0 spiro atoms. The number of ether oxygens (including phenoxy) is 1. The van der Waals surface area contributed by atoms with Gasteiger partial charge in [0.1, 0.15) is 6.10 Å². The topological polar surface area (TPSA) is 49.7 Å². The average molecular weight is 182 g/mol. The zero-order valence-corrected chi connectivity index (χ0v) is 7.60. The SMILES string of the molecule is COCc1ccccc1C(O)CO. The van der Waals surface area contributed by atoms with E-state index >= 15 is 0 Å². The van der Waals surface area contributed by atoms with Crippen LogP contribution in [0.4, 0.5) is 0 Å². The predicted molar refractivity (Wildman–Crippen MR) is 49.2 cm³/mol. The van der Waals surface area contributed by atoms with Crippen molar-refractivity contribution in [2.24, 2.45) is 0 Å². The van der Waals surface area contributed by atoms with Crippen molar-refractivity contribution in [2.75, 3.05) is 13.7 Å². The van der Waals surface area contributed by atoms with Gasteiger partial charge < -0.3 is 14.9 Å². The van der Waals surface area contributed by atoms with E-state index in [1.54, 1.807) is 13.2 Å². The smallest absolute Gasteiger partial charge is 0.102 e. The summed E-state index contributed by atoms with van der Waals surface area (Å²) in [5, 5.41) is 18.2. The first-order chi connectivity index (χ1) is 6.29. The molecule has 1 atom stereocenters. The molecule has 1 unspecified atom stereocenters. The second-order valence-electron chi connectivity index (χ2n) is 2.83. The fourth-order valence-electron chi connectivity index (χ4n) is 1.24. The van der Waals surface area contributed by atoms with Gasteiger partial charge >= 0.3 is 0 Å². The van der Waals surface area contributed by atoms with E-state index < -0.39 is 6.10 Å². The number of rotatable bonds is 4. The van der Waals surface area contributed by atoms with Crippen molar-refractivity contribution < 1.29 is 14.9 Å². The van der Waals surface area contributed by atoms with Crippen LogP contribution in [0.15, 0.2) is 24.3 Å². The molecule has 1 aromatic carbocycles. The van der Waals surface area contributed by atoms with Crippen LogP contribution in [-0.4, -0.2) is 23.9 Å². The van der Waals surface area contributed by atoms with Crippen molar-refractivity contribution in [2.45, 2.75) is 12.7 Å². The lowest BCUT2D eigenvalue weighted by Crippen LogP contribution is -2.06. The Labute approximate surface area is 77.6 Å². The van der Waals surface area contributed by atoms with Gasteiger partial charge in [-0.05, 0) is 11.1 Å². The Morgan fingerprint density at radius 1 is 1.38 bits per heavy atom. The lowest BCUT2D eigenvalue weighted by Gasteiger charge is -2.12. The van der Waals surface area contributed by atoms with Crippen molar-refractivity contribution in [3.05, 3.63) is 35.4 Å². The maximum absolute atomic E-state index is 9.43. The molecule has 0 amide bonds. The molecule has 3 heteroatoms. The van der Waals surface area contributed by atoms with Gasteiger partial charge in [-0.15, -0.1) is 0 Å². The maximum atomic E-state index is 9.43. The highest BCUT2D eigenvalue weighted by atomic mass is 16.5. The summed E-state index contributed by atoms with van der Waals surface area (Å²) in [6, 6.07) is 7.36. The molecule has 0 aliphatic heterocycles. The Morgan fingerprint density at radius 2 is 2.08 bits per heavy atom. The van der Waals surface area contributed by atoms with Gasteiger partial charge in [-0.25, -0.2) is 0 Å². The molecule has 0 saturated heterocycles. The van der Waals surface area contributed by atoms with Gasteiger partial charge in [0.25, 0.3) is 0 Å². The fourth-order valence-corrected chi connectivity index (χ4v) is 1.24. The van der Waals surface area contributed by atoms with Gasteiger partial charge in [0.05, 0.1) is 13.2 Å². The third-order valence-electron chi connectivity index (χ3n) is 1.89. The summed E-state index contributed by atoms with van der Waals surface area (Å²) in [6.45, 7) is 0.188. The van der Waals surface area contributed by atoms with Crippen molar-refractivity contribution in [1.29, 1.82) is 0 Å². The van der Waals surface area contributed by atoms with Crippen LogP contribution in [0.25, 0.3) is 0 Å². The number of hydrogen-bond donors (Lipinski definition) is 2. The lowest BCUT2D eigenvalue weighted by atomic mass is 10.0. The molecule has 0 aromatic heterocycles. The van der Waals surface area contributed by atoms with Crippen LogP contribution in [0.3, 0.4) is 0 Å². The van der Waals surface area contributed by atoms with E-state index in [-0.39, 0.29) is 6.61 Å². The van der Waals surface area contributed by atoms with E-state index in [4.69, 9.17) is 9.84 Å². The van der Waals surface area contributed by atoms with Crippen LogP contribution >= 0.6 is 0 Å². The van der Waals surface area contributed by atoms with Gasteiger partial charge in [-0.3, -0.25) is 0 Å². The molecule has 0 radical (unpaired) electrons. The number of hydrogen-bond acceptors (Lipinski definition) is 3. The Hall–Kier alpha value is -0.900. The molecule has 1 aromatic rings. The highest BCUT2D eigenvalue weighted by Crippen LogP contribution is 2.17. The Balaban J connectivity index is 2.90. The van der Waals surface area contributed by atoms with Gasteiger partial charge in [-0.2, -0.15) is 0 Å². The Morgan fingerprint density at radius 3 is 2.69 bits per heavy atom. The summed E-state index contributed by atoms with van der Waals surface area (Å²) in [5.41, 5.74) is 1.64. The molecule has 0 saturated carbocycles. The summed E-state index contributed by atoms with van der Waals surface area (Å²) in [6.07, 6.45) is -0.814. The first kappa shape index (κ1) is 10.2. The molecule has 72 valence electrons. The van der Waals surface area contributed by atoms with Crippen molar-refractivity contribution >= 4 is 0 Å². The summed E-state index contributed by atoms with van der Waals surface area (Å²) in [5.74, 6) is 0. The van der Waals surface area contributed by atoms with Crippen LogP contribution in [0.2, 0.25) is 0 Å². The minimum absolute atomic E-state index is 0.263. The number of aliphatic hydroxyl groups excluding tert-OH is 2. The second kappa shape index (κ2) is 4.97. The van der Waals surface area contributed by atoms with E-state index in [2.05, 4.69) is 0 Å². The average Bonchev–Trinajstić information content (AvgIpc) is 2.18. The van der Waals surface area contributed by atoms with Crippen LogP contribution in [0.1, 0.15) is 17.2 Å². The molecule has 2 N–H and O–H groups in total. The van der Waals surface area contributed by atoms with E-state index in [1.165, 1.54) is 0 Å². The van der Waals surface area contributed by atoms with Gasteiger partial charge in [0.15, 0.2) is 0 Å². The van der Waals surface area contributed by atoms with E-state index in [9.17, 15) is 5.11 Å². The quantitative estimate of drug-likeness (QED) is 0.726. The first-order valence-electron chi connectivity index (χ1n) is 4.15. The lowest BCUT2D eigenvalue weighted by molar-refractivity contribution is 0.0924. The van der Waals surface area contributed by atoms with Crippen LogP contribution in [0, 0.1) is 0 Å². The highest BCUT2D eigenvalue weighted by molar-refractivity contribution is 5.28. The molecular formula is C10H14O3. The molecule has 0 bridgehead atoms. The molecule has 0 fully saturated rings. The number of benzene rings is 1. The molecule has 0 aliphatic rings. The second-order valence-corrected chi connectivity index (χ2v) is 2.83. The van der Waals surface area contributed by atoms with Crippen molar-refractivity contribution in [1.82, 2.24) is 0 Å². The molecular weight excluding hydrogens is 168 g/mol. The fraction of sp³-hybridized carbons (Fsp3) is 0.400. The normalized spacial score (nSPS) is 12.8. The van der Waals surface area contributed by atoms with Gasteiger partial charge in [0, 0.05) is 7.11 Å². The number of methoxy groups -OCH3 is 1. The highest BCUT2D eigenvalue weighted by Gasteiger charge is 2.09. The van der Waals surface area contributed by atoms with E-state index in [1.807, 2.05) is 18.2 Å². The first-order valence-corrected chi connectivity index (χ1v) is 4.15. The van der Waals surface area contributed by atoms with Gasteiger partial charge in [-0.1, -0.05) is 24.3 Å². The standard InChI is InChI=1S/C10H14O3/c1-13-7-8-4-2-3-5-9(8)10(12)6-11/h2-5,10-12H,6-7H2,1H3. The molecule has 3 nitrogen and oxygen atoms in total. The minimum Gasteiger partial charge on any atom is -0.393 e. The maximum Gasteiger partial charge on any atom is 0.102 e. The largest absolute Gasteiger partial charge is 0.393 e. The Kier molecular flexibility index (Phi) is 3.89. The zero-order chi connectivity index (χ0) is 9.68. The van der Waals surface area contributed by atoms with E-state index in [0.717, 1.165) is 11.1 Å². The molecule has 0 aliphatic carbocycles. The van der Waals surface area contributed by atoms with Gasteiger partial charge in [0.2, 0.25) is 0 Å².